The highest BCUT2D eigenvalue weighted by atomic mass is 19.1. The van der Waals surface area contributed by atoms with Gasteiger partial charge in [0.05, 0.1) is 0 Å². The van der Waals surface area contributed by atoms with Crippen molar-refractivity contribution in [1.82, 2.24) is 14.7 Å². The van der Waals surface area contributed by atoms with Gasteiger partial charge in [0.15, 0.2) is 5.69 Å². The minimum Gasteiger partial charge on any atom is -0.344 e. The van der Waals surface area contributed by atoms with Crippen molar-refractivity contribution < 1.29 is 9.18 Å². The van der Waals surface area contributed by atoms with Gasteiger partial charge in [0.25, 0.3) is 5.91 Å². The molecule has 1 unspecified atom stereocenters. The standard InChI is InChI=1S/C17H20FN3O/c1-11-8-9-21-14(10-11)20-15(16(21)18)17(22)19-12(2)13-6-4-3-5-7-13/h6,8-10,12H,3-5,7H2,1-2H3,(H,19,22). The summed E-state index contributed by atoms with van der Waals surface area (Å²) >= 11 is 0. The van der Waals surface area contributed by atoms with Crippen molar-refractivity contribution in [2.75, 3.05) is 0 Å². The van der Waals surface area contributed by atoms with Gasteiger partial charge in [-0.25, -0.2) is 4.98 Å². The first kappa shape index (κ1) is 14.8. The molecule has 22 heavy (non-hydrogen) atoms. The molecule has 0 radical (unpaired) electrons. The topological polar surface area (TPSA) is 46.4 Å². The van der Waals surface area contributed by atoms with Crippen LogP contribution in [0.25, 0.3) is 5.65 Å². The molecule has 3 rings (SSSR count). The molecule has 0 bridgehead atoms. The lowest BCUT2D eigenvalue weighted by Gasteiger charge is -2.20. The maximum atomic E-state index is 14.3. The summed E-state index contributed by atoms with van der Waals surface area (Å²) < 4.78 is 15.6. The highest BCUT2D eigenvalue weighted by Crippen LogP contribution is 2.20. The summed E-state index contributed by atoms with van der Waals surface area (Å²) in [7, 11) is 0. The van der Waals surface area contributed by atoms with Gasteiger partial charge in [-0.2, -0.15) is 4.39 Å². The minimum atomic E-state index is -0.614. The fourth-order valence-corrected chi connectivity index (χ4v) is 2.88. The van der Waals surface area contributed by atoms with E-state index in [0.29, 0.717) is 5.65 Å². The lowest BCUT2D eigenvalue weighted by Crippen LogP contribution is -2.35. The van der Waals surface area contributed by atoms with Crippen LogP contribution < -0.4 is 5.32 Å². The maximum absolute atomic E-state index is 14.3. The van der Waals surface area contributed by atoms with Crippen LogP contribution in [0.2, 0.25) is 0 Å². The number of rotatable bonds is 3. The number of amides is 1. The Morgan fingerprint density at radius 1 is 1.45 bits per heavy atom. The summed E-state index contributed by atoms with van der Waals surface area (Å²) in [6, 6.07) is 3.46. The molecule has 0 aliphatic heterocycles. The van der Waals surface area contributed by atoms with Gasteiger partial charge < -0.3 is 5.32 Å². The Bertz CT molecular complexity index is 748. The quantitative estimate of drug-likeness (QED) is 0.883. The molecule has 2 aromatic rings. The fourth-order valence-electron chi connectivity index (χ4n) is 2.88. The van der Waals surface area contributed by atoms with E-state index in [1.54, 1.807) is 18.3 Å². The number of aryl methyl sites for hydroxylation is 1. The van der Waals surface area contributed by atoms with Gasteiger partial charge in [-0.05, 0) is 57.2 Å². The van der Waals surface area contributed by atoms with Crippen molar-refractivity contribution >= 4 is 11.6 Å². The van der Waals surface area contributed by atoms with Crippen LogP contribution in [0.4, 0.5) is 4.39 Å². The number of imidazole rings is 1. The highest BCUT2D eigenvalue weighted by Gasteiger charge is 2.22. The Kier molecular flexibility index (Phi) is 3.96. The van der Waals surface area contributed by atoms with E-state index in [1.807, 2.05) is 13.8 Å². The molecule has 1 amide bonds. The molecule has 0 saturated heterocycles. The second-order valence-corrected chi connectivity index (χ2v) is 5.90. The van der Waals surface area contributed by atoms with Crippen LogP contribution in [0.3, 0.4) is 0 Å². The van der Waals surface area contributed by atoms with E-state index in [1.165, 1.54) is 16.4 Å². The molecule has 1 aliphatic carbocycles. The molecular weight excluding hydrogens is 281 g/mol. The summed E-state index contributed by atoms with van der Waals surface area (Å²) in [5.74, 6) is -1.07. The number of fused-ring (bicyclic) bond motifs is 1. The van der Waals surface area contributed by atoms with Crippen LogP contribution in [0.5, 0.6) is 0 Å². The molecule has 0 saturated carbocycles. The number of nitrogens with one attached hydrogen (secondary N) is 1. The minimum absolute atomic E-state index is 0.0845. The molecule has 1 aliphatic rings. The molecule has 116 valence electrons. The maximum Gasteiger partial charge on any atom is 0.275 e. The fraction of sp³-hybridized carbons (Fsp3) is 0.412. The number of halogens is 1. The number of carbonyl (C=O) groups is 1. The van der Waals surface area contributed by atoms with Gasteiger partial charge in [-0.1, -0.05) is 11.6 Å². The normalized spacial score (nSPS) is 16.4. The highest BCUT2D eigenvalue weighted by molar-refractivity contribution is 5.93. The zero-order valence-electron chi connectivity index (χ0n) is 12.9. The number of carbonyl (C=O) groups excluding carboxylic acids is 1. The van der Waals surface area contributed by atoms with Crippen molar-refractivity contribution in [2.45, 2.75) is 45.6 Å². The van der Waals surface area contributed by atoms with Crippen LogP contribution in [0.15, 0.2) is 30.0 Å². The SMILES string of the molecule is Cc1ccn2c(F)c(C(=O)NC(C)C3=CCCCC3)nc2c1. The molecule has 4 nitrogen and oxygen atoms in total. The average molecular weight is 301 g/mol. The summed E-state index contributed by atoms with van der Waals surface area (Å²) in [6.45, 7) is 3.84. The van der Waals surface area contributed by atoms with Crippen LogP contribution in [-0.4, -0.2) is 21.3 Å². The smallest absolute Gasteiger partial charge is 0.275 e. The predicted octanol–water partition coefficient (Wildman–Crippen LogP) is 3.40. The Labute approximate surface area is 129 Å². The second-order valence-electron chi connectivity index (χ2n) is 5.90. The molecule has 0 fully saturated rings. The van der Waals surface area contributed by atoms with Crippen molar-refractivity contribution in [1.29, 1.82) is 0 Å². The van der Waals surface area contributed by atoms with E-state index in [-0.39, 0.29) is 11.7 Å². The summed E-state index contributed by atoms with van der Waals surface area (Å²) in [6.07, 6.45) is 8.17. The second kappa shape index (κ2) is 5.91. The molecule has 5 heteroatoms. The largest absolute Gasteiger partial charge is 0.344 e. The predicted molar refractivity (Wildman–Crippen MR) is 83.4 cm³/mol. The van der Waals surface area contributed by atoms with Crippen LogP contribution in [0.1, 0.15) is 48.7 Å². The number of hydrogen-bond acceptors (Lipinski definition) is 2. The lowest BCUT2D eigenvalue weighted by molar-refractivity contribution is 0.0935. The van der Waals surface area contributed by atoms with Crippen LogP contribution in [-0.2, 0) is 0 Å². The first-order valence-electron chi connectivity index (χ1n) is 7.70. The number of pyridine rings is 1. The van der Waals surface area contributed by atoms with E-state index >= 15 is 0 Å². The first-order chi connectivity index (χ1) is 10.6. The average Bonchev–Trinajstić information content (AvgIpc) is 2.84. The molecular formula is C17H20FN3O. The van der Waals surface area contributed by atoms with E-state index in [0.717, 1.165) is 24.8 Å². The molecule has 1 N–H and O–H groups in total. The number of allylic oxidation sites excluding steroid dienone is 1. The van der Waals surface area contributed by atoms with Gasteiger partial charge in [0.1, 0.15) is 5.65 Å². The third-order valence-corrected chi connectivity index (χ3v) is 4.17. The Balaban J connectivity index is 1.83. The van der Waals surface area contributed by atoms with Gasteiger partial charge in [0.2, 0.25) is 5.95 Å². The van der Waals surface area contributed by atoms with Gasteiger partial charge >= 0.3 is 0 Å². The molecule has 0 spiro atoms. The van der Waals surface area contributed by atoms with E-state index < -0.39 is 11.9 Å². The lowest BCUT2D eigenvalue weighted by atomic mass is 9.95. The van der Waals surface area contributed by atoms with E-state index in [2.05, 4.69) is 16.4 Å². The summed E-state index contributed by atoms with van der Waals surface area (Å²) in [5.41, 5.74) is 2.51. The molecule has 2 heterocycles. The zero-order chi connectivity index (χ0) is 15.7. The van der Waals surface area contributed by atoms with E-state index in [9.17, 15) is 9.18 Å². The Morgan fingerprint density at radius 3 is 3.00 bits per heavy atom. The van der Waals surface area contributed by atoms with Gasteiger partial charge in [-0.15, -0.1) is 0 Å². The first-order valence-corrected chi connectivity index (χ1v) is 7.70. The molecule has 1 atom stereocenters. The summed E-state index contributed by atoms with van der Waals surface area (Å²) in [5, 5.41) is 2.86. The number of nitrogens with zero attached hydrogens (tertiary/aromatic N) is 2. The monoisotopic (exact) mass is 301 g/mol. The van der Waals surface area contributed by atoms with Gasteiger partial charge in [-0.3, -0.25) is 9.20 Å². The summed E-state index contributed by atoms with van der Waals surface area (Å²) in [4.78, 5) is 16.4. The molecule has 2 aromatic heterocycles. The van der Waals surface area contributed by atoms with Crippen LogP contribution in [0, 0.1) is 12.9 Å². The van der Waals surface area contributed by atoms with Crippen molar-refractivity contribution in [2.24, 2.45) is 0 Å². The third-order valence-electron chi connectivity index (χ3n) is 4.17. The Hall–Kier alpha value is -2.17. The molecule has 0 aromatic carbocycles. The zero-order valence-corrected chi connectivity index (χ0v) is 12.9. The van der Waals surface area contributed by atoms with Crippen molar-refractivity contribution in [3.05, 3.63) is 47.2 Å². The van der Waals surface area contributed by atoms with Crippen molar-refractivity contribution in [3.8, 4) is 0 Å². The van der Waals surface area contributed by atoms with E-state index in [4.69, 9.17) is 0 Å². The Morgan fingerprint density at radius 2 is 2.27 bits per heavy atom. The number of aromatic nitrogens is 2. The van der Waals surface area contributed by atoms with Gasteiger partial charge in [0, 0.05) is 12.2 Å². The third kappa shape index (κ3) is 2.75. The van der Waals surface area contributed by atoms with Crippen LogP contribution >= 0.6 is 0 Å². The van der Waals surface area contributed by atoms with Crippen molar-refractivity contribution in [3.63, 3.8) is 0 Å². The number of hydrogen-bond donors (Lipinski definition) is 1.